The fraction of sp³-hybridized carbons (Fsp3) is 0.375. The Kier molecular flexibility index (Phi) is 4.43. The minimum absolute atomic E-state index is 0.0982. The van der Waals surface area contributed by atoms with Gasteiger partial charge in [-0.3, -0.25) is 4.79 Å². The molecule has 112 valence electrons. The van der Waals surface area contributed by atoms with Gasteiger partial charge in [0.1, 0.15) is 0 Å². The fourth-order valence-corrected chi connectivity index (χ4v) is 1.90. The molecular weight excluding hydrogens is 264 g/mol. The molecule has 1 amide bonds. The Morgan fingerprint density at radius 1 is 1.38 bits per heavy atom. The quantitative estimate of drug-likeness (QED) is 0.853. The number of rotatable bonds is 6. The van der Waals surface area contributed by atoms with Gasteiger partial charge in [-0.25, -0.2) is 4.68 Å². The van der Waals surface area contributed by atoms with Gasteiger partial charge in [-0.05, 0) is 32.9 Å². The van der Waals surface area contributed by atoms with E-state index in [2.05, 4.69) is 10.4 Å². The Bertz CT molecular complexity index is 604. The van der Waals surface area contributed by atoms with Crippen LogP contribution in [0.25, 0.3) is 5.69 Å². The highest BCUT2D eigenvalue weighted by Gasteiger charge is 2.25. The van der Waals surface area contributed by atoms with Crippen LogP contribution >= 0.6 is 0 Å². The van der Waals surface area contributed by atoms with Crippen molar-refractivity contribution in [3.8, 4) is 5.69 Å². The molecule has 1 heterocycles. The summed E-state index contributed by atoms with van der Waals surface area (Å²) >= 11 is 0. The number of nitrogens with one attached hydrogen (secondary N) is 1. The number of para-hydroxylation sites is 1. The van der Waals surface area contributed by atoms with Gasteiger partial charge >= 0.3 is 0 Å². The Morgan fingerprint density at radius 2 is 2.05 bits per heavy atom. The van der Waals surface area contributed by atoms with E-state index in [1.54, 1.807) is 0 Å². The predicted molar refractivity (Wildman–Crippen MR) is 83.0 cm³/mol. The minimum Gasteiger partial charge on any atom is -0.369 e. The van der Waals surface area contributed by atoms with Gasteiger partial charge in [-0.2, -0.15) is 5.10 Å². The average molecular weight is 286 g/mol. The van der Waals surface area contributed by atoms with Crippen molar-refractivity contribution in [1.82, 2.24) is 15.1 Å². The molecule has 1 unspecified atom stereocenters. The molecule has 0 radical (unpaired) electrons. The van der Waals surface area contributed by atoms with Crippen molar-refractivity contribution in [2.45, 2.75) is 26.8 Å². The van der Waals surface area contributed by atoms with Gasteiger partial charge in [0.2, 0.25) is 5.91 Å². The van der Waals surface area contributed by atoms with E-state index in [0.717, 1.165) is 11.3 Å². The number of nitrogens with two attached hydrogens (primary N) is 1. The summed E-state index contributed by atoms with van der Waals surface area (Å²) in [4.78, 5) is 11.3. The van der Waals surface area contributed by atoms with E-state index in [1.807, 2.05) is 68.2 Å². The summed E-state index contributed by atoms with van der Waals surface area (Å²) in [5.74, 6) is -0.304. The molecule has 0 spiro atoms. The molecule has 0 fully saturated rings. The van der Waals surface area contributed by atoms with E-state index in [-0.39, 0.29) is 11.9 Å². The maximum absolute atomic E-state index is 11.3. The smallest absolute Gasteiger partial charge is 0.224 e. The molecule has 5 heteroatoms. The number of benzene rings is 1. The predicted octanol–water partition coefficient (Wildman–Crippen LogP) is 2.03. The number of carbonyl (C=O) groups excluding carboxylic acids is 1. The van der Waals surface area contributed by atoms with Crippen molar-refractivity contribution in [3.05, 3.63) is 48.3 Å². The lowest BCUT2D eigenvalue weighted by Crippen LogP contribution is -2.41. The number of aromatic nitrogens is 2. The van der Waals surface area contributed by atoms with Crippen molar-refractivity contribution >= 4 is 5.91 Å². The summed E-state index contributed by atoms with van der Waals surface area (Å²) in [7, 11) is 0. The zero-order chi connectivity index (χ0) is 15.5. The Morgan fingerprint density at radius 3 is 2.67 bits per heavy atom. The highest BCUT2D eigenvalue weighted by molar-refractivity contribution is 5.80. The average Bonchev–Trinajstić information content (AvgIpc) is 2.95. The first-order valence-electron chi connectivity index (χ1n) is 7.03. The molecule has 2 aromatic rings. The molecule has 21 heavy (non-hydrogen) atoms. The van der Waals surface area contributed by atoms with Crippen LogP contribution in [0.1, 0.15) is 32.4 Å². The van der Waals surface area contributed by atoms with Crippen LogP contribution < -0.4 is 11.1 Å². The third-order valence-electron chi connectivity index (χ3n) is 3.64. The SMILES string of the molecule is CC(NCC(C)(C)C(N)=O)c1cnn(-c2ccccc2)c1. The first-order chi connectivity index (χ1) is 9.90. The van der Waals surface area contributed by atoms with Gasteiger partial charge in [-0.15, -0.1) is 0 Å². The molecule has 5 nitrogen and oxygen atoms in total. The van der Waals surface area contributed by atoms with E-state index >= 15 is 0 Å². The fourth-order valence-electron chi connectivity index (χ4n) is 1.90. The van der Waals surface area contributed by atoms with Crippen LogP contribution in [0, 0.1) is 5.41 Å². The molecule has 0 bridgehead atoms. The Hall–Kier alpha value is -2.14. The van der Waals surface area contributed by atoms with Gasteiger partial charge < -0.3 is 11.1 Å². The number of hydrogen-bond acceptors (Lipinski definition) is 3. The lowest BCUT2D eigenvalue weighted by atomic mass is 9.92. The molecule has 1 atom stereocenters. The first-order valence-corrected chi connectivity index (χ1v) is 7.03. The van der Waals surface area contributed by atoms with Crippen molar-refractivity contribution < 1.29 is 4.79 Å². The second kappa shape index (κ2) is 6.10. The molecular formula is C16H22N4O. The number of amides is 1. The van der Waals surface area contributed by atoms with Crippen LogP contribution in [0.2, 0.25) is 0 Å². The monoisotopic (exact) mass is 286 g/mol. The van der Waals surface area contributed by atoms with Crippen molar-refractivity contribution in [2.75, 3.05) is 6.54 Å². The number of primary amides is 1. The highest BCUT2D eigenvalue weighted by atomic mass is 16.1. The van der Waals surface area contributed by atoms with Crippen LogP contribution in [0.15, 0.2) is 42.7 Å². The summed E-state index contributed by atoms with van der Waals surface area (Å²) in [5.41, 5.74) is 6.90. The highest BCUT2D eigenvalue weighted by Crippen LogP contribution is 2.17. The standard InChI is InChI=1S/C16H22N4O/c1-12(18-11-16(2,3)15(17)21)13-9-19-20(10-13)14-7-5-4-6-8-14/h4-10,12,18H,11H2,1-3H3,(H2,17,21). The summed E-state index contributed by atoms with van der Waals surface area (Å²) in [5, 5.41) is 7.70. The minimum atomic E-state index is -0.566. The largest absolute Gasteiger partial charge is 0.369 e. The van der Waals surface area contributed by atoms with Crippen LogP contribution in [0.3, 0.4) is 0 Å². The van der Waals surface area contributed by atoms with E-state index in [9.17, 15) is 4.79 Å². The zero-order valence-electron chi connectivity index (χ0n) is 12.7. The summed E-state index contributed by atoms with van der Waals surface area (Å²) in [6, 6.07) is 10.0. The van der Waals surface area contributed by atoms with Gasteiger partial charge in [-0.1, -0.05) is 18.2 Å². The van der Waals surface area contributed by atoms with Crippen LogP contribution in [-0.4, -0.2) is 22.2 Å². The molecule has 0 aliphatic heterocycles. The molecule has 0 aliphatic rings. The lowest BCUT2D eigenvalue weighted by molar-refractivity contribution is -0.125. The van der Waals surface area contributed by atoms with Gasteiger partial charge in [0.15, 0.2) is 0 Å². The lowest BCUT2D eigenvalue weighted by Gasteiger charge is -2.23. The van der Waals surface area contributed by atoms with Crippen LogP contribution in [0.5, 0.6) is 0 Å². The summed E-state index contributed by atoms with van der Waals surface area (Å²) in [6.07, 6.45) is 3.83. The number of hydrogen-bond donors (Lipinski definition) is 2. The van der Waals surface area contributed by atoms with Crippen molar-refractivity contribution in [2.24, 2.45) is 11.1 Å². The first kappa shape index (κ1) is 15.3. The molecule has 3 N–H and O–H groups in total. The second-order valence-corrected chi connectivity index (χ2v) is 5.90. The molecule has 0 saturated heterocycles. The Balaban J connectivity index is 2.03. The molecule has 1 aromatic heterocycles. The maximum Gasteiger partial charge on any atom is 0.224 e. The number of nitrogens with zero attached hydrogens (tertiary/aromatic N) is 2. The molecule has 1 aromatic carbocycles. The Labute approximate surface area is 125 Å². The third-order valence-corrected chi connectivity index (χ3v) is 3.64. The number of carbonyl (C=O) groups is 1. The maximum atomic E-state index is 11.3. The van der Waals surface area contributed by atoms with E-state index in [1.165, 1.54) is 0 Å². The van der Waals surface area contributed by atoms with Gasteiger partial charge in [0.25, 0.3) is 0 Å². The van der Waals surface area contributed by atoms with Crippen LogP contribution in [-0.2, 0) is 4.79 Å². The van der Waals surface area contributed by atoms with Gasteiger partial charge in [0, 0.05) is 24.3 Å². The summed E-state index contributed by atoms with van der Waals surface area (Å²) < 4.78 is 1.84. The molecule has 2 rings (SSSR count). The van der Waals surface area contributed by atoms with Crippen molar-refractivity contribution in [1.29, 1.82) is 0 Å². The second-order valence-electron chi connectivity index (χ2n) is 5.90. The van der Waals surface area contributed by atoms with Gasteiger partial charge in [0.05, 0.1) is 17.3 Å². The third kappa shape index (κ3) is 3.70. The molecule has 0 saturated carbocycles. The van der Waals surface area contributed by atoms with E-state index in [0.29, 0.717) is 6.54 Å². The molecule has 0 aliphatic carbocycles. The zero-order valence-corrected chi connectivity index (χ0v) is 12.7. The topological polar surface area (TPSA) is 72.9 Å². The van der Waals surface area contributed by atoms with E-state index in [4.69, 9.17) is 5.73 Å². The van der Waals surface area contributed by atoms with E-state index < -0.39 is 5.41 Å². The van der Waals surface area contributed by atoms with Crippen LogP contribution in [0.4, 0.5) is 0 Å². The van der Waals surface area contributed by atoms with Crippen molar-refractivity contribution in [3.63, 3.8) is 0 Å². The normalized spacial score (nSPS) is 13.1. The summed E-state index contributed by atoms with van der Waals surface area (Å²) in [6.45, 7) is 6.24.